The van der Waals surface area contributed by atoms with Gasteiger partial charge in [0, 0.05) is 23.0 Å². The maximum absolute atomic E-state index is 13.7. The molecule has 3 rings (SSSR count). The van der Waals surface area contributed by atoms with E-state index in [1.54, 1.807) is 30.5 Å². The van der Waals surface area contributed by atoms with Crippen LogP contribution in [-0.4, -0.2) is 4.98 Å². The van der Waals surface area contributed by atoms with Crippen molar-refractivity contribution in [3.05, 3.63) is 60.3 Å². The summed E-state index contributed by atoms with van der Waals surface area (Å²) in [6.45, 7) is 0. The summed E-state index contributed by atoms with van der Waals surface area (Å²) in [4.78, 5) is 4.18. The summed E-state index contributed by atoms with van der Waals surface area (Å²) in [5.74, 6) is -1.30. The largest absolute Gasteiger partial charge is 0.399 e. The summed E-state index contributed by atoms with van der Waals surface area (Å²) in [7, 11) is 0. The van der Waals surface area contributed by atoms with Crippen LogP contribution in [0.5, 0.6) is 0 Å². The van der Waals surface area contributed by atoms with Gasteiger partial charge in [0.25, 0.3) is 0 Å². The number of fused-ring (bicyclic) bond motifs is 1. The Morgan fingerprint density at radius 1 is 1.00 bits per heavy atom. The zero-order valence-electron chi connectivity index (χ0n) is 10.4. The van der Waals surface area contributed by atoms with Gasteiger partial charge in [-0.15, -0.1) is 0 Å². The maximum Gasteiger partial charge on any atom is 0.149 e. The molecule has 0 radical (unpaired) electrons. The van der Waals surface area contributed by atoms with Crippen molar-refractivity contribution in [3.63, 3.8) is 0 Å². The van der Waals surface area contributed by atoms with E-state index in [0.29, 0.717) is 16.9 Å². The van der Waals surface area contributed by atoms with Crippen molar-refractivity contribution in [2.24, 2.45) is 0 Å². The molecule has 0 aliphatic rings. The van der Waals surface area contributed by atoms with Crippen LogP contribution in [0.1, 0.15) is 0 Å². The van der Waals surface area contributed by atoms with E-state index in [1.165, 1.54) is 18.2 Å². The number of aromatic nitrogens is 1. The minimum Gasteiger partial charge on any atom is -0.399 e. The Labute approximate surface area is 114 Å². The van der Waals surface area contributed by atoms with Crippen LogP contribution < -0.4 is 11.1 Å². The summed E-state index contributed by atoms with van der Waals surface area (Å²) >= 11 is 0. The normalized spacial score (nSPS) is 10.7. The fraction of sp³-hybridized carbons (Fsp3) is 0. The molecule has 1 aromatic heterocycles. The maximum atomic E-state index is 13.7. The van der Waals surface area contributed by atoms with Crippen molar-refractivity contribution in [3.8, 4) is 0 Å². The second-order valence-corrected chi connectivity index (χ2v) is 4.36. The van der Waals surface area contributed by atoms with Gasteiger partial charge >= 0.3 is 0 Å². The number of nitrogens with two attached hydrogens (primary N) is 1. The molecule has 100 valence electrons. The monoisotopic (exact) mass is 271 g/mol. The quantitative estimate of drug-likeness (QED) is 0.696. The minimum atomic E-state index is -0.648. The number of benzene rings is 2. The molecule has 0 fully saturated rings. The first-order chi connectivity index (χ1) is 9.65. The highest BCUT2D eigenvalue weighted by molar-refractivity contribution is 5.94. The third kappa shape index (κ3) is 2.14. The molecular formula is C15H11F2N3. The van der Waals surface area contributed by atoms with E-state index in [9.17, 15) is 8.78 Å². The third-order valence-corrected chi connectivity index (χ3v) is 2.99. The Balaban J connectivity index is 2.11. The van der Waals surface area contributed by atoms with Crippen LogP contribution in [-0.2, 0) is 0 Å². The number of hydrogen-bond acceptors (Lipinski definition) is 3. The molecular weight excluding hydrogens is 260 g/mol. The van der Waals surface area contributed by atoms with E-state index in [4.69, 9.17) is 5.73 Å². The van der Waals surface area contributed by atoms with Crippen molar-refractivity contribution in [2.45, 2.75) is 0 Å². The van der Waals surface area contributed by atoms with E-state index in [-0.39, 0.29) is 5.69 Å². The molecule has 0 saturated carbocycles. The number of nitrogen functional groups attached to an aromatic ring is 1. The van der Waals surface area contributed by atoms with Gasteiger partial charge < -0.3 is 11.1 Å². The highest BCUT2D eigenvalue weighted by atomic mass is 19.1. The van der Waals surface area contributed by atoms with Crippen LogP contribution in [0.15, 0.2) is 48.7 Å². The Kier molecular flexibility index (Phi) is 2.95. The van der Waals surface area contributed by atoms with E-state index in [2.05, 4.69) is 10.3 Å². The second-order valence-electron chi connectivity index (χ2n) is 4.36. The molecule has 5 heteroatoms. The van der Waals surface area contributed by atoms with Crippen LogP contribution in [0.4, 0.5) is 25.8 Å². The molecule has 0 bridgehead atoms. The fourth-order valence-corrected chi connectivity index (χ4v) is 2.03. The summed E-state index contributed by atoms with van der Waals surface area (Å²) < 4.78 is 27.3. The van der Waals surface area contributed by atoms with Gasteiger partial charge in [-0.1, -0.05) is 6.07 Å². The average Bonchev–Trinajstić information content (AvgIpc) is 2.42. The van der Waals surface area contributed by atoms with Crippen molar-refractivity contribution >= 4 is 28.0 Å². The highest BCUT2D eigenvalue weighted by Crippen LogP contribution is 2.28. The lowest BCUT2D eigenvalue weighted by molar-refractivity contribution is 0.591. The molecule has 2 aromatic carbocycles. The third-order valence-electron chi connectivity index (χ3n) is 2.99. The van der Waals surface area contributed by atoms with Gasteiger partial charge in [-0.25, -0.2) is 8.78 Å². The van der Waals surface area contributed by atoms with Gasteiger partial charge in [0.1, 0.15) is 17.3 Å². The number of halogens is 2. The lowest BCUT2D eigenvalue weighted by Gasteiger charge is -2.11. The first kappa shape index (κ1) is 12.3. The predicted molar refractivity (Wildman–Crippen MR) is 75.8 cm³/mol. The Morgan fingerprint density at radius 3 is 2.50 bits per heavy atom. The van der Waals surface area contributed by atoms with Gasteiger partial charge in [-0.3, -0.25) is 4.98 Å². The SMILES string of the molecule is Nc1ccc2c(Nc3c(F)cccc3F)ccnc2c1. The predicted octanol–water partition coefficient (Wildman–Crippen LogP) is 3.84. The van der Waals surface area contributed by atoms with E-state index in [1.807, 2.05) is 0 Å². The van der Waals surface area contributed by atoms with Gasteiger partial charge in [-0.05, 0) is 36.4 Å². The van der Waals surface area contributed by atoms with Crippen molar-refractivity contribution in [1.29, 1.82) is 0 Å². The molecule has 0 aliphatic carbocycles. The number of anilines is 3. The molecule has 0 atom stereocenters. The number of pyridine rings is 1. The first-order valence-electron chi connectivity index (χ1n) is 6.00. The van der Waals surface area contributed by atoms with Gasteiger partial charge in [0.2, 0.25) is 0 Å². The molecule has 0 aliphatic heterocycles. The molecule has 0 saturated heterocycles. The van der Waals surface area contributed by atoms with Crippen LogP contribution in [0, 0.1) is 11.6 Å². The zero-order valence-corrected chi connectivity index (χ0v) is 10.4. The topological polar surface area (TPSA) is 50.9 Å². The first-order valence-corrected chi connectivity index (χ1v) is 6.00. The lowest BCUT2D eigenvalue weighted by Crippen LogP contribution is -1.98. The number of para-hydroxylation sites is 1. The van der Waals surface area contributed by atoms with Crippen LogP contribution in [0.25, 0.3) is 10.9 Å². The molecule has 0 unspecified atom stereocenters. The molecule has 3 nitrogen and oxygen atoms in total. The Bertz CT molecular complexity index is 767. The van der Waals surface area contributed by atoms with Gasteiger partial charge in [0.05, 0.1) is 5.52 Å². The standard InChI is InChI=1S/C15H11F2N3/c16-11-2-1-3-12(17)15(11)20-13-6-7-19-14-8-9(18)4-5-10(13)14/h1-8H,18H2,(H,19,20). The molecule has 3 N–H and O–H groups in total. The number of hydrogen-bond donors (Lipinski definition) is 2. The van der Waals surface area contributed by atoms with Gasteiger partial charge in [-0.2, -0.15) is 0 Å². The second kappa shape index (κ2) is 4.77. The molecule has 20 heavy (non-hydrogen) atoms. The number of nitrogens with zero attached hydrogens (tertiary/aromatic N) is 1. The van der Waals surface area contributed by atoms with E-state index < -0.39 is 11.6 Å². The van der Waals surface area contributed by atoms with Crippen LogP contribution >= 0.6 is 0 Å². The van der Waals surface area contributed by atoms with Crippen molar-refractivity contribution in [1.82, 2.24) is 4.98 Å². The van der Waals surface area contributed by atoms with E-state index in [0.717, 1.165) is 5.39 Å². The zero-order chi connectivity index (χ0) is 14.1. The molecule has 1 heterocycles. The van der Waals surface area contributed by atoms with Crippen molar-refractivity contribution in [2.75, 3.05) is 11.1 Å². The van der Waals surface area contributed by atoms with Crippen molar-refractivity contribution < 1.29 is 8.78 Å². The fourth-order valence-electron chi connectivity index (χ4n) is 2.03. The smallest absolute Gasteiger partial charge is 0.149 e. The summed E-state index contributed by atoms with van der Waals surface area (Å²) in [5, 5.41) is 3.51. The molecule has 0 amide bonds. The Hall–Kier alpha value is -2.69. The highest BCUT2D eigenvalue weighted by Gasteiger charge is 2.10. The molecule has 3 aromatic rings. The number of rotatable bonds is 2. The summed E-state index contributed by atoms with van der Waals surface area (Å²) in [6, 6.07) is 10.6. The van der Waals surface area contributed by atoms with Crippen LogP contribution in [0.2, 0.25) is 0 Å². The summed E-state index contributed by atoms with van der Waals surface area (Å²) in [6.07, 6.45) is 1.56. The van der Waals surface area contributed by atoms with Gasteiger partial charge in [0.15, 0.2) is 0 Å². The van der Waals surface area contributed by atoms with Crippen LogP contribution in [0.3, 0.4) is 0 Å². The summed E-state index contributed by atoms with van der Waals surface area (Å²) in [5.41, 5.74) is 7.32. The average molecular weight is 271 g/mol. The van der Waals surface area contributed by atoms with E-state index >= 15 is 0 Å². The molecule has 0 spiro atoms. The number of nitrogens with one attached hydrogen (secondary N) is 1. The Morgan fingerprint density at radius 2 is 1.75 bits per heavy atom. The minimum absolute atomic E-state index is 0.183. The lowest BCUT2D eigenvalue weighted by atomic mass is 10.1.